The number of unbranched alkanes of at least 4 members (excludes halogenated alkanes) is 4. The van der Waals surface area contributed by atoms with Crippen LogP contribution in [0, 0.1) is 0 Å². The van der Waals surface area contributed by atoms with Crippen molar-refractivity contribution in [3.63, 3.8) is 0 Å². The van der Waals surface area contributed by atoms with E-state index in [1.807, 2.05) is 0 Å². The van der Waals surface area contributed by atoms with E-state index in [1.165, 1.54) is 0 Å². The second-order valence-corrected chi connectivity index (χ2v) is 3.76. The molecule has 1 atom stereocenters. The first-order chi connectivity index (χ1) is 7.16. The SMILES string of the molecule is CCCCCCC[C@@H]1OC(=O)C(F)=C1F. The van der Waals surface area contributed by atoms with Crippen LogP contribution < -0.4 is 0 Å². The molecule has 0 saturated heterocycles. The van der Waals surface area contributed by atoms with Crippen LogP contribution in [0.4, 0.5) is 8.78 Å². The Hall–Kier alpha value is -0.930. The van der Waals surface area contributed by atoms with Crippen LogP contribution >= 0.6 is 0 Å². The first-order valence-electron chi connectivity index (χ1n) is 5.43. The molecule has 1 rings (SSSR count). The first kappa shape index (κ1) is 12.1. The number of hydrogen-bond donors (Lipinski definition) is 0. The zero-order valence-corrected chi connectivity index (χ0v) is 8.89. The van der Waals surface area contributed by atoms with E-state index in [0.29, 0.717) is 6.42 Å². The molecule has 15 heavy (non-hydrogen) atoms. The quantitative estimate of drug-likeness (QED) is 0.504. The molecule has 1 aliphatic rings. The highest BCUT2D eigenvalue weighted by Gasteiger charge is 2.34. The predicted molar refractivity (Wildman–Crippen MR) is 52.5 cm³/mol. The molecule has 86 valence electrons. The lowest BCUT2D eigenvalue weighted by Crippen LogP contribution is -2.09. The Morgan fingerprint density at radius 2 is 1.87 bits per heavy atom. The van der Waals surface area contributed by atoms with Crippen molar-refractivity contribution in [2.24, 2.45) is 0 Å². The summed E-state index contributed by atoms with van der Waals surface area (Å²) in [5.74, 6) is -3.55. The molecule has 0 unspecified atom stereocenters. The van der Waals surface area contributed by atoms with Crippen molar-refractivity contribution < 1.29 is 18.3 Å². The lowest BCUT2D eigenvalue weighted by atomic mass is 10.1. The maximum absolute atomic E-state index is 13.0. The highest BCUT2D eigenvalue weighted by Crippen LogP contribution is 2.28. The van der Waals surface area contributed by atoms with Crippen LogP contribution in [0.5, 0.6) is 0 Å². The van der Waals surface area contributed by atoms with Crippen molar-refractivity contribution in [1.29, 1.82) is 0 Å². The second kappa shape index (κ2) is 5.83. The lowest BCUT2D eigenvalue weighted by molar-refractivity contribution is -0.141. The topological polar surface area (TPSA) is 26.3 Å². The monoisotopic (exact) mass is 218 g/mol. The summed E-state index contributed by atoms with van der Waals surface area (Å²) in [7, 11) is 0. The number of cyclic esters (lactones) is 1. The third kappa shape index (κ3) is 3.29. The Kier molecular flexibility index (Phi) is 4.72. The summed E-state index contributed by atoms with van der Waals surface area (Å²) >= 11 is 0. The van der Waals surface area contributed by atoms with Gasteiger partial charge in [-0.3, -0.25) is 0 Å². The molecule has 0 aromatic rings. The Labute approximate surface area is 88.3 Å². The van der Waals surface area contributed by atoms with Gasteiger partial charge >= 0.3 is 5.97 Å². The smallest absolute Gasteiger partial charge is 0.370 e. The van der Waals surface area contributed by atoms with Crippen LogP contribution in [0.15, 0.2) is 11.7 Å². The molecule has 2 nitrogen and oxygen atoms in total. The maximum atomic E-state index is 13.0. The Morgan fingerprint density at radius 1 is 1.20 bits per heavy atom. The van der Waals surface area contributed by atoms with Gasteiger partial charge in [-0.2, -0.15) is 4.39 Å². The standard InChI is InChI=1S/C11H16F2O2/c1-2-3-4-5-6-7-8-9(12)10(13)11(14)15-8/h8H,2-7H2,1H3/t8-/m0/s1. The highest BCUT2D eigenvalue weighted by molar-refractivity contribution is 5.89. The zero-order chi connectivity index (χ0) is 11.3. The summed E-state index contributed by atoms with van der Waals surface area (Å²) in [5.41, 5.74) is 0. The molecule has 0 fully saturated rings. The number of rotatable bonds is 6. The average Bonchev–Trinajstić information content (AvgIpc) is 2.46. The number of halogens is 2. The minimum atomic E-state index is -1.35. The lowest BCUT2D eigenvalue weighted by Gasteiger charge is -2.08. The summed E-state index contributed by atoms with van der Waals surface area (Å²) in [6.07, 6.45) is 4.52. The van der Waals surface area contributed by atoms with Crippen LogP contribution in [0.3, 0.4) is 0 Å². The van der Waals surface area contributed by atoms with Crippen LogP contribution in [0.2, 0.25) is 0 Å². The molecule has 0 aliphatic carbocycles. The van der Waals surface area contributed by atoms with E-state index in [0.717, 1.165) is 32.1 Å². The van der Waals surface area contributed by atoms with Gasteiger partial charge in [0.05, 0.1) is 0 Å². The predicted octanol–water partition coefficient (Wildman–Crippen LogP) is 3.42. The van der Waals surface area contributed by atoms with Crippen LogP contribution in [0.1, 0.15) is 45.4 Å². The van der Waals surface area contributed by atoms with E-state index in [1.54, 1.807) is 0 Å². The van der Waals surface area contributed by atoms with Gasteiger partial charge in [-0.05, 0) is 12.8 Å². The highest BCUT2D eigenvalue weighted by atomic mass is 19.2. The van der Waals surface area contributed by atoms with Crippen molar-refractivity contribution in [3.05, 3.63) is 11.7 Å². The van der Waals surface area contributed by atoms with Gasteiger partial charge in [0.1, 0.15) is 0 Å². The fourth-order valence-corrected chi connectivity index (χ4v) is 1.59. The van der Waals surface area contributed by atoms with Gasteiger partial charge < -0.3 is 4.74 Å². The van der Waals surface area contributed by atoms with Gasteiger partial charge in [0.15, 0.2) is 11.9 Å². The van der Waals surface area contributed by atoms with Gasteiger partial charge in [-0.15, -0.1) is 0 Å². The molecule has 1 heterocycles. The molecule has 0 amide bonds. The van der Waals surface area contributed by atoms with Crippen molar-refractivity contribution in [2.75, 3.05) is 0 Å². The van der Waals surface area contributed by atoms with E-state index in [9.17, 15) is 13.6 Å². The molecule has 0 bridgehead atoms. The molecule has 0 aromatic heterocycles. The van der Waals surface area contributed by atoms with Crippen molar-refractivity contribution in [3.8, 4) is 0 Å². The zero-order valence-electron chi connectivity index (χ0n) is 8.89. The maximum Gasteiger partial charge on any atom is 0.370 e. The number of hydrogen-bond acceptors (Lipinski definition) is 2. The Morgan fingerprint density at radius 3 is 2.40 bits per heavy atom. The summed E-state index contributed by atoms with van der Waals surface area (Å²) in [5, 5.41) is 0. The minimum Gasteiger partial charge on any atom is -0.450 e. The Balaban J connectivity index is 2.21. The average molecular weight is 218 g/mol. The summed E-state index contributed by atoms with van der Waals surface area (Å²) in [6, 6.07) is 0. The van der Waals surface area contributed by atoms with Gasteiger partial charge in [-0.25, -0.2) is 9.18 Å². The third-order valence-corrected chi connectivity index (χ3v) is 2.49. The van der Waals surface area contributed by atoms with Crippen LogP contribution in [0.25, 0.3) is 0 Å². The molecule has 0 radical (unpaired) electrons. The molecule has 0 spiro atoms. The first-order valence-corrected chi connectivity index (χ1v) is 5.43. The van der Waals surface area contributed by atoms with Crippen LogP contribution in [-0.4, -0.2) is 12.1 Å². The summed E-state index contributed by atoms with van der Waals surface area (Å²) < 4.78 is 30.1. The number of carbonyl (C=O) groups is 1. The van der Waals surface area contributed by atoms with E-state index >= 15 is 0 Å². The van der Waals surface area contributed by atoms with Crippen molar-refractivity contribution in [1.82, 2.24) is 0 Å². The largest absolute Gasteiger partial charge is 0.450 e. The van der Waals surface area contributed by atoms with Crippen LogP contribution in [-0.2, 0) is 9.53 Å². The summed E-state index contributed by atoms with van der Waals surface area (Å²) in [4.78, 5) is 10.6. The third-order valence-electron chi connectivity index (χ3n) is 2.49. The summed E-state index contributed by atoms with van der Waals surface area (Å²) in [6.45, 7) is 2.11. The Bertz CT molecular complexity index is 261. The van der Waals surface area contributed by atoms with Gasteiger partial charge in [0, 0.05) is 0 Å². The van der Waals surface area contributed by atoms with Crippen molar-refractivity contribution >= 4 is 5.97 Å². The van der Waals surface area contributed by atoms with E-state index in [-0.39, 0.29) is 0 Å². The molecule has 4 heteroatoms. The number of carbonyl (C=O) groups excluding carboxylic acids is 1. The minimum absolute atomic E-state index is 0.384. The molecule has 0 saturated carbocycles. The second-order valence-electron chi connectivity index (χ2n) is 3.76. The molecular formula is C11H16F2O2. The normalized spacial score (nSPS) is 21.0. The fourth-order valence-electron chi connectivity index (χ4n) is 1.59. The van der Waals surface area contributed by atoms with Gasteiger partial charge in [0.25, 0.3) is 0 Å². The van der Waals surface area contributed by atoms with E-state index in [4.69, 9.17) is 0 Å². The molecule has 1 aliphatic heterocycles. The van der Waals surface area contributed by atoms with Gasteiger partial charge in [-0.1, -0.05) is 32.6 Å². The van der Waals surface area contributed by atoms with Gasteiger partial charge in [0.2, 0.25) is 5.83 Å². The van der Waals surface area contributed by atoms with E-state index < -0.39 is 23.7 Å². The van der Waals surface area contributed by atoms with E-state index in [2.05, 4.69) is 11.7 Å². The molecular weight excluding hydrogens is 202 g/mol. The number of esters is 1. The molecule has 0 N–H and O–H groups in total. The number of ether oxygens (including phenoxy) is 1. The molecule has 0 aromatic carbocycles. The van der Waals surface area contributed by atoms with Crippen molar-refractivity contribution in [2.45, 2.75) is 51.6 Å². The fraction of sp³-hybridized carbons (Fsp3) is 0.727.